The Morgan fingerprint density at radius 3 is 2.67 bits per heavy atom. The maximum absolute atomic E-state index is 9.48. The molecule has 3 heteroatoms. The van der Waals surface area contributed by atoms with Crippen LogP contribution in [0.25, 0.3) is 0 Å². The molecule has 0 bridgehead atoms. The van der Waals surface area contributed by atoms with Gasteiger partial charge in [0, 0.05) is 11.8 Å². The number of aliphatic hydroxyl groups is 2. The molecule has 1 aliphatic rings. The molecule has 1 heterocycles. The normalized spacial score (nSPS) is 18.6. The van der Waals surface area contributed by atoms with E-state index in [-0.39, 0.29) is 19.3 Å². The van der Waals surface area contributed by atoms with Gasteiger partial charge in [0.1, 0.15) is 11.9 Å². The highest BCUT2D eigenvalue weighted by Gasteiger charge is 2.34. The molecule has 0 amide bonds. The number of fused-ring (bicyclic) bond motifs is 1. The van der Waals surface area contributed by atoms with Crippen molar-refractivity contribution in [3.05, 3.63) is 29.3 Å². The number of hydrogen-bond donors (Lipinski definition) is 2. The highest BCUT2D eigenvalue weighted by Crippen LogP contribution is 2.36. The summed E-state index contributed by atoms with van der Waals surface area (Å²) in [6.45, 7) is 4.09. The van der Waals surface area contributed by atoms with Crippen molar-refractivity contribution in [1.82, 2.24) is 0 Å². The highest BCUT2D eigenvalue weighted by molar-refractivity contribution is 5.40. The standard InChI is InChI=1S/C15H22O3/c1-3-15(9-16,10-17)8-13-7-12-6-11(2)4-5-14(12)18-13/h4-6,13,16-17H,3,7-10H2,1-2H3. The molecule has 18 heavy (non-hydrogen) atoms. The summed E-state index contributed by atoms with van der Waals surface area (Å²) < 4.78 is 5.90. The van der Waals surface area contributed by atoms with Gasteiger partial charge >= 0.3 is 0 Å². The first kappa shape index (κ1) is 13.4. The Balaban J connectivity index is 2.07. The molecule has 100 valence electrons. The van der Waals surface area contributed by atoms with Crippen LogP contribution in [0.3, 0.4) is 0 Å². The summed E-state index contributed by atoms with van der Waals surface area (Å²) in [6.07, 6.45) is 2.40. The molecule has 1 aromatic carbocycles. The minimum absolute atomic E-state index is 0.00916. The molecule has 0 aromatic heterocycles. The number of benzene rings is 1. The topological polar surface area (TPSA) is 49.7 Å². The highest BCUT2D eigenvalue weighted by atomic mass is 16.5. The largest absolute Gasteiger partial charge is 0.490 e. The minimum atomic E-state index is -0.415. The lowest BCUT2D eigenvalue weighted by molar-refractivity contribution is 0.0154. The third-order valence-electron chi connectivity index (χ3n) is 4.04. The Hall–Kier alpha value is -1.06. The van der Waals surface area contributed by atoms with E-state index in [1.54, 1.807) is 0 Å². The van der Waals surface area contributed by atoms with Crippen LogP contribution in [0.15, 0.2) is 18.2 Å². The van der Waals surface area contributed by atoms with E-state index >= 15 is 0 Å². The maximum atomic E-state index is 9.48. The Morgan fingerprint density at radius 1 is 1.33 bits per heavy atom. The molecule has 0 spiro atoms. The lowest BCUT2D eigenvalue weighted by Gasteiger charge is -2.30. The molecule has 0 saturated carbocycles. The Kier molecular flexibility index (Phi) is 3.93. The zero-order valence-electron chi connectivity index (χ0n) is 11.1. The molecular formula is C15H22O3. The zero-order valence-corrected chi connectivity index (χ0v) is 11.1. The van der Waals surface area contributed by atoms with E-state index in [0.29, 0.717) is 6.42 Å². The van der Waals surface area contributed by atoms with Crippen molar-refractivity contribution in [2.24, 2.45) is 5.41 Å². The van der Waals surface area contributed by atoms with Crippen molar-refractivity contribution >= 4 is 0 Å². The summed E-state index contributed by atoms with van der Waals surface area (Å²) in [4.78, 5) is 0. The van der Waals surface area contributed by atoms with Crippen LogP contribution in [-0.2, 0) is 6.42 Å². The van der Waals surface area contributed by atoms with Crippen LogP contribution < -0.4 is 4.74 Å². The van der Waals surface area contributed by atoms with Crippen molar-refractivity contribution in [3.8, 4) is 5.75 Å². The fraction of sp³-hybridized carbons (Fsp3) is 0.600. The lowest BCUT2D eigenvalue weighted by Crippen LogP contribution is -2.35. The van der Waals surface area contributed by atoms with Crippen molar-refractivity contribution in [3.63, 3.8) is 0 Å². The second kappa shape index (κ2) is 5.29. The van der Waals surface area contributed by atoms with Crippen LogP contribution in [0.2, 0.25) is 0 Å². The smallest absolute Gasteiger partial charge is 0.123 e. The number of aryl methyl sites for hydroxylation is 1. The quantitative estimate of drug-likeness (QED) is 0.841. The monoisotopic (exact) mass is 250 g/mol. The molecular weight excluding hydrogens is 228 g/mol. The van der Waals surface area contributed by atoms with Gasteiger partial charge < -0.3 is 14.9 Å². The third kappa shape index (κ3) is 2.52. The van der Waals surface area contributed by atoms with Crippen LogP contribution in [0.1, 0.15) is 30.9 Å². The minimum Gasteiger partial charge on any atom is -0.490 e. The molecule has 0 fully saturated rings. The van der Waals surface area contributed by atoms with Gasteiger partial charge in [0.05, 0.1) is 13.2 Å². The van der Waals surface area contributed by atoms with Gasteiger partial charge in [-0.1, -0.05) is 24.6 Å². The Bertz CT molecular complexity index is 402. The van der Waals surface area contributed by atoms with Crippen molar-refractivity contribution < 1.29 is 14.9 Å². The van der Waals surface area contributed by atoms with E-state index in [4.69, 9.17) is 4.74 Å². The summed E-state index contributed by atoms with van der Waals surface area (Å²) in [7, 11) is 0. The first-order valence-corrected chi connectivity index (χ1v) is 6.60. The zero-order chi connectivity index (χ0) is 13.2. The van der Waals surface area contributed by atoms with Crippen LogP contribution in [0.4, 0.5) is 0 Å². The molecule has 0 saturated heterocycles. The summed E-state index contributed by atoms with van der Waals surface area (Å²) in [5, 5.41) is 19.0. The molecule has 3 nitrogen and oxygen atoms in total. The molecule has 0 radical (unpaired) electrons. The van der Waals surface area contributed by atoms with Gasteiger partial charge in [-0.25, -0.2) is 0 Å². The van der Waals surface area contributed by atoms with E-state index in [2.05, 4.69) is 13.0 Å². The predicted octanol–water partition coefficient (Wildman–Crippen LogP) is 2.07. The summed E-state index contributed by atoms with van der Waals surface area (Å²) in [6, 6.07) is 6.21. The average Bonchev–Trinajstić information content (AvgIpc) is 2.77. The molecule has 1 atom stereocenters. The van der Waals surface area contributed by atoms with Crippen LogP contribution in [0.5, 0.6) is 5.75 Å². The molecule has 1 aliphatic heterocycles. The molecule has 2 rings (SSSR count). The van der Waals surface area contributed by atoms with Gasteiger partial charge in [-0.2, -0.15) is 0 Å². The van der Waals surface area contributed by atoms with Crippen molar-refractivity contribution in [1.29, 1.82) is 0 Å². The van der Waals surface area contributed by atoms with Gasteiger partial charge in [0.2, 0.25) is 0 Å². The van der Waals surface area contributed by atoms with E-state index in [1.807, 2.05) is 19.1 Å². The van der Waals surface area contributed by atoms with Gasteiger partial charge in [-0.05, 0) is 31.4 Å². The lowest BCUT2D eigenvalue weighted by atomic mass is 9.80. The number of ether oxygens (including phenoxy) is 1. The fourth-order valence-electron chi connectivity index (χ4n) is 2.59. The van der Waals surface area contributed by atoms with E-state index in [9.17, 15) is 10.2 Å². The summed E-state index contributed by atoms with van der Waals surface area (Å²) in [5.41, 5.74) is 2.06. The molecule has 2 N–H and O–H groups in total. The van der Waals surface area contributed by atoms with Crippen molar-refractivity contribution in [2.45, 2.75) is 39.2 Å². The summed E-state index contributed by atoms with van der Waals surface area (Å²) >= 11 is 0. The third-order valence-corrected chi connectivity index (χ3v) is 4.04. The number of hydrogen-bond acceptors (Lipinski definition) is 3. The van der Waals surface area contributed by atoms with Gasteiger partial charge in [0.25, 0.3) is 0 Å². The number of aliphatic hydroxyl groups excluding tert-OH is 2. The van der Waals surface area contributed by atoms with E-state index in [0.717, 1.165) is 18.6 Å². The fourth-order valence-corrected chi connectivity index (χ4v) is 2.59. The second-order valence-corrected chi connectivity index (χ2v) is 5.43. The predicted molar refractivity (Wildman–Crippen MR) is 70.8 cm³/mol. The van der Waals surface area contributed by atoms with Gasteiger partial charge in [0.15, 0.2) is 0 Å². The van der Waals surface area contributed by atoms with E-state index < -0.39 is 5.41 Å². The second-order valence-electron chi connectivity index (χ2n) is 5.43. The molecule has 1 unspecified atom stereocenters. The maximum Gasteiger partial charge on any atom is 0.123 e. The SMILES string of the molecule is CCC(CO)(CO)CC1Cc2cc(C)ccc2O1. The van der Waals surface area contributed by atoms with E-state index in [1.165, 1.54) is 11.1 Å². The van der Waals surface area contributed by atoms with Crippen molar-refractivity contribution in [2.75, 3.05) is 13.2 Å². The van der Waals surface area contributed by atoms with Crippen LogP contribution >= 0.6 is 0 Å². The first-order chi connectivity index (χ1) is 8.62. The summed E-state index contributed by atoms with van der Waals surface area (Å²) in [5.74, 6) is 0.950. The van der Waals surface area contributed by atoms with Crippen LogP contribution in [0, 0.1) is 12.3 Å². The van der Waals surface area contributed by atoms with Gasteiger partial charge in [-0.3, -0.25) is 0 Å². The molecule has 1 aromatic rings. The Morgan fingerprint density at radius 2 is 2.06 bits per heavy atom. The average molecular weight is 250 g/mol. The van der Waals surface area contributed by atoms with Gasteiger partial charge in [-0.15, -0.1) is 0 Å². The molecule has 0 aliphatic carbocycles. The first-order valence-electron chi connectivity index (χ1n) is 6.60. The van der Waals surface area contributed by atoms with Crippen LogP contribution in [-0.4, -0.2) is 29.5 Å². The number of rotatable bonds is 5. The Labute approximate surface area is 108 Å².